The van der Waals surface area contributed by atoms with Gasteiger partial charge in [-0.05, 0) is 0 Å². The van der Waals surface area contributed by atoms with Gasteiger partial charge in [0.05, 0.1) is 0 Å². The standard InChI is InChI=1S/C5H10AsNS4/c1-7(2)5(8)11-6-9-3-4-10-6/h3-4H2,1-2H3. The van der Waals surface area contributed by atoms with Gasteiger partial charge in [0.25, 0.3) is 0 Å². The average Bonchev–Trinajstić information content (AvgIpc) is 2.39. The van der Waals surface area contributed by atoms with Gasteiger partial charge in [0.15, 0.2) is 0 Å². The van der Waals surface area contributed by atoms with Gasteiger partial charge in [-0.15, -0.1) is 0 Å². The van der Waals surface area contributed by atoms with Gasteiger partial charge in [-0.25, -0.2) is 0 Å². The van der Waals surface area contributed by atoms with Gasteiger partial charge in [0.1, 0.15) is 0 Å². The van der Waals surface area contributed by atoms with E-state index in [2.05, 4.69) is 20.0 Å². The molecule has 0 aromatic carbocycles. The van der Waals surface area contributed by atoms with Crippen molar-refractivity contribution in [3.63, 3.8) is 0 Å². The van der Waals surface area contributed by atoms with Crippen LogP contribution in [-0.2, 0) is 0 Å². The van der Waals surface area contributed by atoms with Gasteiger partial charge in [-0.3, -0.25) is 0 Å². The molecule has 0 aromatic rings. The first-order valence-electron chi connectivity index (χ1n) is 3.15. The van der Waals surface area contributed by atoms with Crippen molar-refractivity contribution in [2.24, 2.45) is 0 Å². The molecule has 0 unspecified atom stereocenters. The summed E-state index contributed by atoms with van der Waals surface area (Å²) in [5.74, 6) is 2.68. The Hall–Kier alpha value is 1.50. The zero-order valence-corrected chi connectivity index (χ0v) is 11.6. The first-order chi connectivity index (χ1) is 5.20. The monoisotopic (exact) mass is 287 g/mol. The third kappa shape index (κ3) is 3.81. The summed E-state index contributed by atoms with van der Waals surface area (Å²) in [6.45, 7) is 0. The average molecular weight is 287 g/mol. The van der Waals surface area contributed by atoms with E-state index in [-0.39, 0.29) is 0 Å². The molecular formula is C5H10AsNS4. The van der Waals surface area contributed by atoms with Crippen LogP contribution in [0.15, 0.2) is 0 Å². The normalized spacial score (nSPS) is 18.7. The van der Waals surface area contributed by atoms with Crippen molar-refractivity contribution in [3.05, 3.63) is 0 Å². The van der Waals surface area contributed by atoms with Crippen molar-refractivity contribution in [1.82, 2.24) is 4.90 Å². The first kappa shape index (κ1) is 10.6. The number of nitrogens with zero attached hydrogens (tertiary/aromatic N) is 1. The van der Waals surface area contributed by atoms with E-state index in [1.165, 1.54) is 11.5 Å². The Bertz CT molecular complexity index is 145. The fourth-order valence-electron chi connectivity index (χ4n) is 0.459. The van der Waals surface area contributed by atoms with Gasteiger partial charge in [0.2, 0.25) is 0 Å². The summed E-state index contributed by atoms with van der Waals surface area (Å²) in [5.41, 5.74) is 0. The van der Waals surface area contributed by atoms with E-state index in [0.717, 1.165) is 4.32 Å². The van der Waals surface area contributed by atoms with Crippen LogP contribution in [0.4, 0.5) is 0 Å². The Balaban J connectivity index is 2.24. The molecule has 0 bridgehead atoms. The summed E-state index contributed by atoms with van der Waals surface area (Å²) in [7, 11) is 10.3. The fourth-order valence-corrected chi connectivity index (χ4v) is 21.8. The zero-order valence-electron chi connectivity index (χ0n) is 6.44. The molecule has 64 valence electrons. The Morgan fingerprint density at radius 2 is 2.00 bits per heavy atom. The van der Waals surface area contributed by atoms with Crippen LogP contribution in [0.25, 0.3) is 0 Å². The molecule has 0 spiro atoms. The van der Waals surface area contributed by atoms with E-state index in [9.17, 15) is 0 Å². The van der Waals surface area contributed by atoms with Gasteiger partial charge >= 0.3 is 88.3 Å². The molecule has 1 saturated heterocycles. The summed E-state index contributed by atoms with van der Waals surface area (Å²) in [4.78, 5) is 2.04. The van der Waals surface area contributed by atoms with Crippen molar-refractivity contribution in [2.45, 2.75) is 0 Å². The van der Waals surface area contributed by atoms with Crippen LogP contribution in [0, 0.1) is 0 Å². The number of rotatable bonds is 1. The Morgan fingerprint density at radius 1 is 1.45 bits per heavy atom. The molecule has 1 rings (SSSR count). The van der Waals surface area contributed by atoms with Crippen LogP contribution in [0.5, 0.6) is 0 Å². The molecule has 0 aromatic heterocycles. The molecule has 0 N–H and O–H groups in total. The third-order valence-corrected chi connectivity index (χ3v) is 20.4. The van der Waals surface area contributed by atoms with Crippen LogP contribution in [-0.4, -0.2) is 46.0 Å². The van der Waals surface area contributed by atoms with Crippen LogP contribution in [0.2, 0.25) is 0 Å². The van der Waals surface area contributed by atoms with Gasteiger partial charge in [-0.2, -0.15) is 0 Å². The van der Waals surface area contributed by atoms with Crippen molar-refractivity contribution >= 4 is 57.8 Å². The van der Waals surface area contributed by atoms with Crippen LogP contribution in [0.3, 0.4) is 0 Å². The van der Waals surface area contributed by atoms with Crippen molar-refractivity contribution in [3.8, 4) is 0 Å². The predicted octanol–water partition coefficient (Wildman–Crippen LogP) is 2.03. The molecule has 1 nitrogen and oxygen atoms in total. The van der Waals surface area contributed by atoms with Crippen molar-refractivity contribution in [2.75, 3.05) is 25.6 Å². The summed E-state index contributed by atoms with van der Waals surface area (Å²) in [5, 5.41) is 0. The van der Waals surface area contributed by atoms with Gasteiger partial charge in [0, 0.05) is 0 Å². The number of hydrogen-bond acceptors (Lipinski definition) is 4. The van der Waals surface area contributed by atoms with E-state index in [4.69, 9.17) is 12.2 Å². The zero-order chi connectivity index (χ0) is 8.27. The van der Waals surface area contributed by atoms with Crippen LogP contribution in [0.1, 0.15) is 0 Å². The fraction of sp³-hybridized carbons (Fsp3) is 0.800. The molecule has 0 aliphatic carbocycles. The molecular weight excluding hydrogens is 277 g/mol. The Morgan fingerprint density at radius 3 is 2.45 bits per heavy atom. The number of thiocarbonyl (C=S) groups is 1. The van der Waals surface area contributed by atoms with Gasteiger partial charge < -0.3 is 0 Å². The molecule has 0 atom stereocenters. The molecule has 0 radical (unpaired) electrons. The van der Waals surface area contributed by atoms with Crippen molar-refractivity contribution < 1.29 is 0 Å². The molecule has 1 aliphatic rings. The topological polar surface area (TPSA) is 3.24 Å². The summed E-state index contributed by atoms with van der Waals surface area (Å²) in [6, 6.07) is 0. The second-order valence-corrected chi connectivity index (χ2v) is 19.3. The van der Waals surface area contributed by atoms with Crippen LogP contribution >= 0.6 is 42.3 Å². The molecule has 0 amide bonds. The third-order valence-electron chi connectivity index (χ3n) is 0.995. The Kier molecular flexibility index (Phi) is 5.07. The van der Waals surface area contributed by atoms with Gasteiger partial charge in [-0.1, -0.05) is 0 Å². The minimum absolute atomic E-state index is 0.691. The summed E-state index contributed by atoms with van der Waals surface area (Å²) in [6.07, 6.45) is 0. The summed E-state index contributed by atoms with van der Waals surface area (Å²) >= 11 is 4.52. The molecule has 1 fully saturated rings. The van der Waals surface area contributed by atoms with Crippen LogP contribution < -0.4 is 0 Å². The SMILES string of the molecule is CN(C)C(=S)S[As]1SCCS1. The molecule has 11 heavy (non-hydrogen) atoms. The first-order valence-corrected chi connectivity index (χ1v) is 13.1. The maximum atomic E-state index is 5.21. The van der Waals surface area contributed by atoms with E-state index < -0.39 is 11.2 Å². The molecule has 0 saturated carbocycles. The van der Waals surface area contributed by atoms with E-state index in [1.807, 2.05) is 29.0 Å². The Labute approximate surface area is 87.6 Å². The quantitative estimate of drug-likeness (QED) is 0.534. The molecule has 1 aliphatic heterocycles. The predicted molar refractivity (Wildman–Crippen MR) is 64.5 cm³/mol. The maximum absolute atomic E-state index is 5.21. The molecule has 1 heterocycles. The number of hydrogen-bond donors (Lipinski definition) is 0. The van der Waals surface area contributed by atoms with E-state index in [1.54, 1.807) is 0 Å². The van der Waals surface area contributed by atoms with E-state index in [0.29, 0.717) is 0 Å². The van der Waals surface area contributed by atoms with Crippen molar-refractivity contribution in [1.29, 1.82) is 0 Å². The molecule has 6 heteroatoms. The minimum atomic E-state index is -0.691. The second-order valence-electron chi connectivity index (χ2n) is 2.14. The second kappa shape index (κ2) is 5.28. The van der Waals surface area contributed by atoms with E-state index >= 15 is 0 Å². The summed E-state index contributed by atoms with van der Waals surface area (Å²) < 4.78 is 1.06.